The van der Waals surface area contributed by atoms with Gasteiger partial charge in [-0.1, -0.05) is 12.2 Å². The van der Waals surface area contributed by atoms with Crippen molar-refractivity contribution in [1.82, 2.24) is 5.43 Å². The topological polar surface area (TPSA) is 44.6 Å². The molecule has 12 heavy (non-hydrogen) atoms. The Morgan fingerprint density at radius 3 is 3.17 bits per heavy atom. The molecule has 0 aliphatic heterocycles. The molecule has 1 aliphatic rings. The van der Waals surface area contributed by atoms with Gasteiger partial charge in [0.2, 0.25) is 0 Å². The largest absolute Gasteiger partial charge is 0.394 e. The van der Waals surface area contributed by atoms with Crippen molar-refractivity contribution in [1.29, 1.82) is 0 Å². The van der Waals surface area contributed by atoms with Gasteiger partial charge >= 0.3 is 0 Å². The van der Waals surface area contributed by atoms with Gasteiger partial charge in [0, 0.05) is 6.21 Å². The highest BCUT2D eigenvalue weighted by Crippen LogP contribution is 2.15. The van der Waals surface area contributed by atoms with Crippen molar-refractivity contribution in [3.8, 4) is 0 Å². The smallest absolute Gasteiger partial charge is 0.0620 e. The molecular weight excluding hydrogens is 152 g/mol. The number of aliphatic hydroxyl groups is 1. The average Bonchev–Trinajstić information content (AvgIpc) is 2.14. The Kier molecular flexibility index (Phi) is 4.46. The molecule has 0 fully saturated rings. The van der Waals surface area contributed by atoms with Crippen molar-refractivity contribution in [3.05, 3.63) is 12.2 Å². The zero-order valence-electron chi connectivity index (χ0n) is 7.24. The summed E-state index contributed by atoms with van der Waals surface area (Å²) in [4.78, 5) is 0. The van der Waals surface area contributed by atoms with Crippen molar-refractivity contribution in [3.63, 3.8) is 0 Å². The zero-order valence-corrected chi connectivity index (χ0v) is 7.24. The van der Waals surface area contributed by atoms with Crippen molar-refractivity contribution < 1.29 is 5.11 Å². The van der Waals surface area contributed by atoms with Gasteiger partial charge in [0.05, 0.1) is 13.2 Å². The minimum Gasteiger partial charge on any atom is -0.394 e. The molecule has 1 unspecified atom stereocenters. The Hall–Kier alpha value is -0.830. The number of hydrogen-bond donors (Lipinski definition) is 2. The maximum absolute atomic E-state index is 8.46. The molecule has 0 aromatic heterocycles. The van der Waals surface area contributed by atoms with Crippen molar-refractivity contribution in [2.75, 3.05) is 13.2 Å². The monoisotopic (exact) mass is 168 g/mol. The maximum Gasteiger partial charge on any atom is 0.0620 e. The molecular formula is C9H16N2O. The fraction of sp³-hybridized carbons (Fsp3) is 0.667. The van der Waals surface area contributed by atoms with Crippen LogP contribution in [0.3, 0.4) is 0 Å². The van der Waals surface area contributed by atoms with Gasteiger partial charge in [0.15, 0.2) is 0 Å². The molecule has 0 bridgehead atoms. The molecule has 68 valence electrons. The van der Waals surface area contributed by atoms with E-state index >= 15 is 0 Å². The third-order valence-electron chi connectivity index (χ3n) is 1.91. The van der Waals surface area contributed by atoms with Crippen LogP contribution in [-0.4, -0.2) is 24.5 Å². The van der Waals surface area contributed by atoms with E-state index in [0.717, 1.165) is 12.8 Å². The van der Waals surface area contributed by atoms with E-state index in [2.05, 4.69) is 22.7 Å². The molecule has 1 atom stereocenters. The van der Waals surface area contributed by atoms with Gasteiger partial charge in [0.1, 0.15) is 0 Å². The van der Waals surface area contributed by atoms with Gasteiger partial charge in [-0.2, -0.15) is 5.10 Å². The number of hydrazone groups is 1. The maximum atomic E-state index is 8.46. The third kappa shape index (κ3) is 3.53. The van der Waals surface area contributed by atoms with Gasteiger partial charge in [-0.3, -0.25) is 0 Å². The van der Waals surface area contributed by atoms with E-state index in [9.17, 15) is 0 Å². The Labute approximate surface area is 73.2 Å². The van der Waals surface area contributed by atoms with Crippen LogP contribution in [0.15, 0.2) is 17.3 Å². The second kappa shape index (κ2) is 5.77. The van der Waals surface area contributed by atoms with E-state index in [1.54, 1.807) is 0 Å². The average molecular weight is 168 g/mol. The van der Waals surface area contributed by atoms with Crippen LogP contribution in [0.5, 0.6) is 0 Å². The molecule has 0 spiro atoms. The number of rotatable bonds is 4. The van der Waals surface area contributed by atoms with Crippen molar-refractivity contribution in [2.24, 2.45) is 11.0 Å². The van der Waals surface area contributed by atoms with Crippen LogP contribution in [-0.2, 0) is 0 Å². The van der Waals surface area contributed by atoms with E-state index in [4.69, 9.17) is 5.11 Å². The van der Waals surface area contributed by atoms with Gasteiger partial charge in [-0.05, 0) is 25.2 Å². The minimum absolute atomic E-state index is 0.141. The van der Waals surface area contributed by atoms with E-state index in [-0.39, 0.29) is 6.61 Å². The summed E-state index contributed by atoms with van der Waals surface area (Å²) < 4.78 is 0. The van der Waals surface area contributed by atoms with Gasteiger partial charge in [0.25, 0.3) is 0 Å². The van der Waals surface area contributed by atoms with Gasteiger partial charge < -0.3 is 10.5 Å². The first-order valence-electron chi connectivity index (χ1n) is 4.45. The molecule has 0 amide bonds. The number of nitrogens with zero attached hydrogens (tertiary/aromatic N) is 1. The highest BCUT2D eigenvalue weighted by Gasteiger charge is 2.05. The quantitative estimate of drug-likeness (QED) is 0.283. The molecule has 1 aliphatic carbocycles. The Morgan fingerprint density at radius 2 is 2.50 bits per heavy atom. The Morgan fingerprint density at radius 1 is 1.58 bits per heavy atom. The second-order valence-corrected chi connectivity index (χ2v) is 2.95. The third-order valence-corrected chi connectivity index (χ3v) is 1.91. The first-order valence-corrected chi connectivity index (χ1v) is 4.45. The van der Waals surface area contributed by atoms with E-state index in [1.165, 1.54) is 6.42 Å². The van der Waals surface area contributed by atoms with Crippen LogP contribution in [0.25, 0.3) is 0 Å². The number of hydrogen-bond acceptors (Lipinski definition) is 3. The summed E-state index contributed by atoms with van der Waals surface area (Å²) in [6.07, 6.45) is 9.82. The molecule has 3 nitrogen and oxygen atoms in total. The summed E-state index contributed by atoms with van der Waals surface area (Å²) in [5.41, 5.74) is 2.78. The normalized spacial score (nSPS) is 23.2. The lowest BCUT2D eigenvalue weighted by Gasteiger charge is -2.11. The molecule has 0 heterocycles. The van der Waals surface area contributed by atoms with Crippen LogP contribution in [0.4, 0.5) is 0 Å². The van der Waals surface area contributed by atoms with E-state index in [1.807, 2.05) is 6.21 Å². The molecule has 2 N–H and O–H groups in total. The van der Waals surface area contributed by atoms with Gasteiger partial charge in [-0.25, -0.2) is 0 Å². The molecule has 0 saturated carbocycles. The first-order chi connectivity index (χ1) is 5.93. The van der Waals surface area contributed by atoms with E-state index in [0.29, 0.717) is 12.5 Å². The van der Waals surface area contributed by atoms with Crippen molar-refractivity contribution in [2.45, 2.75) is 19.3 Å². The summed E-state index contributed by atoms with van der Waals surface area (Å²) in [6, 6.07) is 0. The van der Waals surface area contributed by atoms with Crippen LogP contribution in [0, 0.1) is 5.92 Å². The highest BCUT2D eigenvalue weighted by molar-refractivity contribution is 5.60. The molecule has 0 saturated heterocycles. The molecule has 1 rings (SSSR count). The molecule has 0 aromatic carbocycles. The summed E-state index contributed by atoms with van der Waals surface area (Å²) in [5.74, 6) is 0.584. The molecule has 0 aromatic rings. The summed E-state index contributed by atoms with van der Waals surface area (Å²) in [6.45, 7) is 0.682. The number of allylic oxidation sites excluding steroid dienone is 2. The summed E-state index contributed by atoms with van der Waals surface area (Å²) in [7, 11) is 0. The summed E-state index contributed by atoms with van der Waals surface area (Å²) >= 11 is 0. The van der Waals surface area contributed by atoms with Gasteiger partial charge in [-0.15, -0.1) is 0 Å². The standard InChI is InChI=1S/C9H16N2O/c12-7-6-10-11-8-9-4-2-1-3-5-9/h1-2,8-10,12H,3-7H2. The number of aliphatic hydroxyl groups excluding tert-OH is 1. The number of nitrogens with one attached hydrogen (secondary N) is 1. The van der Waals surface area contributed by atoms with Crippen LogP contribution >= 0.6 is 0 Å². The Balaban J connectivity index is 2.12. The highest BCUT2D eigenvalue weighted by atomic mass is 16.3. The minimum atomic E-state index is 0.141. The summed E-state index contributed by atoms with van der Waals surface area (Å²) in [5, 5.41) is 12.5. The Bertz CT molecular complexity index is 166. The SMILES string of the molecule is OCCNN=CC1CC=CCC1. The second-order valence-electron chi connectivity index (χ2n) is 2.95. The lowest BCUT2D eigenvalue weighted by molar-refractivity contribution is 0.293. The first kappa shape index (κ1) is 9.26. The van der Waals surface area contributed by atoms with Crippen LogP contribution in [0.2, 0.25) is 0 Å². The van der Waals surface area contributed by atoms with Crippen molar-refractivity contribution >= 4 is 6.21 Å². The molecule has 3 heteroatoms. The predicted molar refractivity (Wildman–Crippen MR) is 50.1 cm³/mol. The van der Waals surface area contributed by atoms with Crippen LogP contribution < -0.4 is 5.43 Å². The van der Waals surface area contributed by atoms with E-state index < -0.39 is 0 Å². The zero-order chi connectivity index (χ0) is 8.65. The fourth-order valence-electron chi connectivity index (χ4n) is 1.23. The molecule has 0 radical (unpaired) electrons. The lowest BCUT2D eigenvalue weighted by Crippen LogP contribution is -2.13. The van der Waals surface area contributed by atoms with Crippen LogP contribution in [0.1, 0.15) is 19.3 Å². The predicted octanol–water partition coefficient (Wildman–Crippen LogP) is 0.910. The lowest BCUT2D eigenvalue weighted by atomic mass is 9.96. The fourth-order valence-corrected chi connectivity index (χ4v) is 1.23.